The van der Waals surface area contributed by atoms with Crippen LogP contribution in [0.3, 0.4) is 0 Å². The van der Waals surface area contributed by atoms with E-state index in [-0.39, 0.29) is 53.4 Å². The van der Waals surface area contributed by atoms with E-state index in [1.54, 1.807) is 28.6 Å². The SMILES string of the molecule is [2H]C/C=C(\C)c1ccc(OCCCC(=O)CC)cc1.[2H]C=NCC(=O)CCCCCN1C(=O)CC(SC)C1=O.[2H]C=NCC(=O)CCSSCCC(=O)NC. The summed E-state index contributed by atoms with van der Waals surface area (Å²) < 4.78 is 26.1. The van der Waals surface area contributed by atoms with Crippen molar-refractivity contribution in [3.05, 3.63) is 35.9 Å². The Kier molecular flexibility index (Phi) is 26.0. The summed E-state index contributed by atoms with van der Waals surface area (Å²) in [6.45, 7) is 7.16. The van der Waals surface area contributed by atoms with Gasteiger partial charge in [0.2, 0.25) is 17.7 Å². The molecule has 0 aliphatic carbocycles. The number of unbranched alkanes of at least 4 members (excludes halogenated alkanes) is 2. The molecular weight excluding hydrogens is 721 g/mol. The number of amides is 3. The highest BCUT2D eigenvalue weighted by Gasteiger charge is 2.37. The van der Waals surface area contributed by atoms with Gasteiger partial charge in [0, 0.05) is 65.0 Å². The van der Waals surface area contributed by atoms with Gasteiger partial charge in [-0.3, -0.25) is 43.7 Å². The quantitative estimate of drug-likeness (QED) is 0.0490. The lowest BCUT2D eigenvalue weighted by atomic mass is 10.1. The van der Waals surface area contributed by atoms with Crippen LogP contribution in [0.1, 0.15) is 94.6 Å². The second-order valence-corrected chi connectivity index (χ2v) is 15.2. The largest absolute Gasteiger partial charge is 0.494 e. The van der Waals surface area contributed by atoms with Gasteiger partial charge < -0.3 is 10.1 Å². The molecule has 1 aromatic carbocycles. The third-order valence-corrected chi connectivity index (χ3v) is 10.8. The molecular formula is C38H58N4O7S3. The Morgan fingerprint density at radius 1 is 0.962 bits per heavy atom. The van der Waals surface area contributed by atoms with Gasteiger partial charge >= 0.3 is 0 Å². The highest BCUT2D eigenvalue weighted by molar-refractivity contribution is 8.76. The first kappa shape index (κ1) is 43.2. The molecule has 0 saturated carbocycles. The van der Waals surface area contributed by atoms with Gasteiger partial charge in [0.1, 0.15) is 11.5 Å². The van der Waals surface area contributed by atoms with E-state index >= 15 is 0 Å². The molecule has 1 saturated heterocycles. The van der Waals surface area contributed by atoms with Crippen molar-refractivity contribution in [2.24, 2.45) is 9.98 Å². The predicted octanol–water partition coefficient (Wildman–Crippen LogP) is 6.72. The standard InChI is InChI=1S/C16H22O2.C13H20N2O3S.C9H16N2O2S2/c1-4-13(3)14-8-10-16(11-9-14)18-12-6-7-15(17)5-2;1-14-9-10(16)6-4-3-5-7-15-12(17)8-11(19-2)13(15)18;1-10-7-8(12)3-5-14-15-6-4-9(13)11-2/h4,8-11H,5-7,12H2,1-3H3;11H,1,3-9H2,2H3;1,3-7H2,2H3,(H,11,13)/b13-4+;;/i3*1D. The average molecular weight is 782 g/mol. The lowest BCUT2D eigenvalue weighted by molar-refractivity contribution is -0.138. The topological polar surface area (TPSA) is 152 Å². The van der Waals surface area contributed by atoms with Crippen LogP contribution in [0.15, 0.2) is 40.3 Å². The number of benzene rings is 1. The molecule has 290 valence electrons. The number of hydrogen-bond donors (Lipinski definition) is 1. The number of ether oxygens (including phenoxy) is 1. The zero-order valence-electron chi connectivity index (χ0n) is 34.1. The van der Waals surface area contributed by atoms with Crippen LogP contribution in [0, 0.1) is 0 Å². The Bertz CT molecular complexity index is 1400. The zero-order valence-corrected chi connectivity index (χ0v) is 33.5. The first-order valence-electron chi connectivity index (χ1n) is 19.1. The average Bonchev–Trinajstić information content (AvgIpc) is 3.47. The minimum absolute atomic E-state index is 0.0178. The van der Waals surface area contributed by atoms with Crippen molar-refractivity contribution < 1.29 is 37.6 Å². The van der Waals surface area contributed by atoms with Gasteiger partial charge in [-0.1, -0.05) is 53.1 Å². The minimum atomic E-state index is -0.216. The van der Waals surface area contributed by atoms with Crippen molar-refractivity contribution in [3.8, 4) is 5.75 Å². The number of aliphatic imine (C=N–C) groups is 2. The maximum Gasteiger partial charge on any atom is 0.242 e. The van der Waals surface area contributed by atoms with E-state index in [1.807, 2.05) is 50.4 Å². The molecule has 11 nitrogen and oxygen atoms in total. The highest BCUT2D eigenvalue weighted by Crippen LogP contribution is 2.24. The van der Waals surface area contributed by atoms with Gasteiger partial charge in [-0.2, -0.15) is 11.8 Å². The van der Waals surface area contributed by atoms with Gasteiger partial charge in [0.15, 0.2) is 11.6 Å². The second-order valence-electron chi connectivity index (χ2n) is 11.5. The van der Waals surface area contributed by atoms with Crippen molar-refractivity contribution in [3.63, 3.8) is 0 Å². The normalized spacial score (nSPS) is 14.9. The lowest BCUT2D eigenvalue weighted by Gasteiger charge is -2.14. The van der Waals surface area contributed by atoms with Crippen LogP contribution >= 0.6 is 33.3 Å². The maximum atomic E-state index is 11.8. The van der Waals surface area contributed by atoms with Crippen molar-refractivity contribution in [1.82, 2.24) is 10.2 Å². The Morgan fingerprint density at radius 2 is 1.60 bits per heavy atom. The maximum absolute atomic E-state index is 11.8. The van der Waals surface area contributed by atoms with Crippen molar-refractivity contribution in [1.29, 1.82) is 0 Å². The fraction of sp³-hybridized carbons (Fsp3) is 0.579. The molecule has 1 aliphatic heterocycles. The monoisotopic (exact) mass is 781 g/mol. The van der Waals surface area contributed by atoms with Crippen LogP contribution in [-0.4, -0.2) is 110 Å². The molecule has 1 N–H and O–H groups in total. The summed E-state index contributed by atoms with van der Waals surface area (Å²) in [5.41, 5.74) is 2.22. The molecule has 1 atom stereocenters. The smallest absolute Gasteiger partial charge is 0.242 e. The van der Waals surface area contributed by atoms with Gasteiger partial charge in [0.05, 0.1) is 27.7 Å². The Morgan fingerprint density at radius 3 is 2.17 bits per heavy atom. The summed E-state index contributed by atoms with van der Waals surface area (Å²) in [6, 6.07) is 7.85. The van der Waals surface area contributed by atoms with E-state index in [9.17, 15) is 28.8 Å². The van der Waals surface area contributed by atoms with E-state index in [2.05, 4.69) is 15.3 Å². The first-order chi connectivity index (χ1) is 26.5. The third-order valence-electron chi connectivity index (χ3n) is 7.48. The van der Waals surface area contributed by atoms with Crippen molar-refractivity contribution in [2.75, 3.05) is 51.1 Å². The number of imide groups is 1. The highest BCUT2D eigenvalue weighted by atomic mass is 33.1. The Balaban J connectivity index is 0.000000801. The molecule has 1 aliphatic rings. The number of carbonyl (C=O) groups is 6. The van der Waals surface area contributed by atoms with Crippen LogP contribution in [0.25, 0.3) is 5.57 Å². The summed E-state index contributed by atoms with van der Waals surface area (Å²) in [4.78, 5) is 76.3. The number of Topliss-reactive ketones (excluding diaryl/α,β-unsaturated/α-hetero) is 3. The van der Waals surface area contributed by atoms with Gasteiger partial charge in [-0.15, -0.1) is 0 Å². The molecule has 52 heavy (non-hydrogen) atoms. The van der Waals surface area contributed by atoms with Gasteiger partial charge in [-0.05, 0) is 76.0 Å². The van der Waals surface area contributed by atoms with Crippen molar-refractivity contribution >= 4 is 87.4 Å². The summed E-state index contributed by atoms with van der Waals surface area (Å²) in [6.07, 6.45) is 9.68. The minimum Gasteiger partial charge on any atom is -0.494 e. The van der Waals surface area contributed by atoms with E-state index in [4.69, 9.17) is 8.85 Å². The summed E-state index contributed by atoms with van der Waals surface area (Å²) in [5, 5.41) is 2.33. The molecule has 0 bridgehead atoms. The molecule has 1 aromatic rings. The number of thioether (sulfide) groups is 1. The van der Waals surface area contributed by atoms with E-state index in [0.717, 1.165) is 67.5 Å². The van der Waals surface area contributed by atoms with Crippen LogP contribution in [0.5, 0.6) is 5.75 Å². The summed E-state index contributed by atoms with van der Waals surface area (Å²) in [7, 11) is 4.79. The van der Waals surface area contributed by atoms with Crippen LogP contribution in [0.2, 0.25) is 0 Å². The molecule has 0 radical (unpaired) electrons. The van der Waals surface area contributed by atoms with E-state index in [0.29, 0.717) is 58.6 Å². The number of nitrogens with one attached hydrogen (secondary N) is 1. The Hall–Kier alpha value is -3.23. The fourth-order valence-corrected chi connectivity index (χ4v) is 6.96. The lowest BCUT2D eigenvalue weighted by Crippen LogP contribution is -2.32. The molecule has 1 heterocycles. The number of hydrogen-bond acceptors (Lipinski definition) is 12. The number of allylic oxidation sites excluding steroid dienone is 2. The molecule has 1 fully saturated rings. The molecule has 14 heteroatoms. The third kappa shape index (κ3) is 23.4. The van der Waals surface area contributed by atoms with Crippen LogP contribution < -0.4 is 10.1 Å². The predicted molar refractivity (Wildman–Crippen MR) is 220 cm³/mol. The van der Waals surface area contributed by atoms with E-state index in [1.165, 1.54) is 16.7 Å². The van der Waals surface area contributed by atoms with Crippen molar-refractivity contribution in [2.45, 2.75) is 90.2 Å². The first-order valence-corrected chi connectivity index (χ1v) is 21.0. The number of ketones is 3. The molecule has 2 rings (SSSR count). The number of rotatable bonds is 25. The van der Waals surface area contributed by atoms with Crippen LogP contribution in [-0.2, 0) is 28.8 Å². The summed E-state index contributed by atoms with van der Waals surface area (Å²) >= 11 is 1.42. The molecule has 0 spiro atoms. The molecule has 3 amide bonds. The Labute approximate surface area is 327 Å². The number of likely N-dealkylation sites (tertiary alicyclic amines) is 1. The van der Waals surface area contributed by atoms with E-state index < -0.39 is 0 Å². The van der Waals surface area contributed by atoms with Crippen LogP contribution in [0.4, 0.5) is 0 Å². The zero-order chi connectivity index (χ0) is 41.3. The molecule has 0 aromatic heterocycles. The fourth-order valence-electron chi connectivity index (χ4n) is 4.30. The number of nitrogens with zero attached hydrogens (tertiary/aromatic N) is 3. The number of carbonyl (C=O) groups excluding carboxylic acids is 6. The second kappa shape index (κ2) is 31.3. The van der Waals surface area contributed by atoms with Gasteiger partial charge in [-0.25, -0.2) is 0 Å². The molecule has 1 unspecified atom stereocenters. The summed E-state index contributed by atoms with van der Waals surface area (Å²) in [5.74, 6) is 2.52. The van der Waals surface area contributed by atoms with Gasteiger partial charge in [0.25, 0.3) is 0 Å².